The quantitative estimate of drug-likeness (QED) is 0.0392. The Morgan fingerprint density at radius 1 is 0.301 bits per heavy atom. The minimum atomic E-state index is -0.253. The first-order valence-electron chi connectivity index (χ1n) is 39.4. The number of carbonyl (C=O) groups excluding carboxylic acids is 4. The van der Waals surface area contributed by atoms with Crippen molar-refractivity contribution in [2.24, 2.45) is 23.7 Å². The van der Waals surface area contributed by atoms with Crippen LogP contribution in [0.5, 0.6) is 0 Å². The summed E-state index contributed by atoms with van der Waals surface area (Å²) in [4.78, 5) is 79.6. The van der Waals surface area contributed by atoms with Gasteiger partial charge in [0.05, 0.1) is 64.6 Å². The van der Waals surface area contributed by atoms with Crippen molar-refractivity contribution in [3.8, 4) is 52.9 Å². The number of unbranched alkanes of at least 4 members (excludes halogenated alkanes) is 4. The van der Waals surface area contributed by atoms with Crippen LogP contribution in [0.1, 0.15) is 228 Å². The van der Waals surface area contributed by atoms with Crippen molar-refractivity contribution >= 4 is 91.8 Å². The van der Waals surface area contributed by atoms with Crippen molar-refractivity contribution in [2.45, 2.75) is 203 Å². The largest absolute Gasteiger partial charge is 0.306 e. The van der Waals surface area contributed by atoms with E-state index in [2.05, 4.69) is 203 Å². The molecule has 0 bridgehead atoms. The van der Waals surface area contributed by atoms with Crippen molar-refractivity contribution in [3.63, 3.8) is 0 Å². The lowest BCUT2D eigenvalue weighted by Gasteiger charge is -2.32. The molecule has 8 heterocycles. The smallest absolute Gasteiger partial charge is 0.261 e. The van der Waals surface area contributed by atoms with E-state index in [1.807, 2.05) is 31.7 Å². The summed E-state index contributed by atoms with van der Waals surface area (Å²) in [5.41, 5.74) is 15.0. The van der Waals surface area contributed by atoms with Gasteiger partial charge in [0.25, 0.3) is 23.6 Å². The van der Waals surface area contributed by atoms with Gasteiger partial charge in [-0.3, -0.25) is 19.2 Å². The monoisotopic (exact) mass is 1450 g/mol. The molecule has 5 aliphatic rings. The summed E-state index contributed by atoms with van der Waals surface area (Å²) in [7, 11) is 0. The zero-order valence-corrected chi connectivity index (χ0v) is 66.0. The van der Waals surface area contributed by atoms with Gasteiger partial charge in [0.15, 0.2) is 0 Å². The Bertz CT molecular complexity index is 4250. The number of fused-ring (bicyclic) bond motifs is 5. The molecule has 8 aromatic rings. The van der Waals surface area contributed by atoms with Crippen molar-refractivity contribution in [1.82, 2.24) is 19.6 Å². The number of benzene rings is 4. The third-order valence-electron chi connectivity index (χ3n) is 23.1. The van der Waals surface area contributed by atoms with E-state index in [0.29, 0.717) is 60.3 Å². The molecule has 13 rings (SSSR count). The predicted octanol–water partition coefficient (Wildman–Crippen LogP) is 24.9. The molecule has 4 aliphatic heterocycles. The first kappa shape index (κ1) is 73.8. The molecule has 538 valence electrons. The van der Waals surface area contributed by atoms with Crippen LogP contribution < -0.4 is 0 Å². The molecule has 4 atom stereocenters. The molecule has 12 heteroatoms. The normalized spacial score (nSPS) is 16.8. The van der Waals surface area contributed by atoms with E-state index in [1.165, 1.54) is 22.3 Å². The third-order valence-corrected chi connectivity index (χ3v) is 27.6. The van der Waals surface area contributed by atoms with E-state index in [9.17, 15) is 0 Å². The van der Waals surface area contributed by atoms with Crippen molar-refractivity contribution in [1.29, 1.82) is 0 Å². The van der Waals surface area contributed by atoms with Crippen LogP contribution in [0, 0.1) is 23.7 Å². The predicted molar refractivity (Wildman–Crippen MR) is 436 cm³/mol. The van der Waals surface area contributed by atoms with Crippen LogP contribution >= 0.6 is 45.3 Å². The molecule has 0 saturated heterocycles. The van der Waals surface area contributed by atoms with Crippen LogP contribution in [0.25, 0.3) is 75.7 Å². The Hall–Kier alpha value is -7.48. The molecule has 0 spiro atoms. The molecular formula is C91H106N4O4S4. The van der Waals surface area contributed by atoms with Crippen LogP contribution in [0.4, 0.5) is 0 Å². The Labute approximate surface area is 630 Å². The number of rotatable bonds is 36. The average molecular weight is 1450 g/mol. The number of hydrogen-bond acceptors (Lipinski definition) is 8. The first-order valence-corrected chi connectivity index (χ1v) is 42.6. The van der Waals surface area contributed by atoms with E-state index < -0.39 is 0 Å². The second-order valence-electron chi connectivity index (χ2n) is 29.7. The number of hydrogen-bond donors (Lipinski definition) is 0. The molecule has 0 N–H and O–H groups in total. The Kier molecular flexibility index (Phi) is 23.6. The lowest BCUT2D eigenvalue weighted by atomic mass is 9.71. The van der Waals surface area contributed by atoms with Crippen LogP contribution in [-0.2, 0) is 24.6 Å². The molecule has 0 fully saturated rings. The summed E-state index contributed by atoms with van der Waals surface area (Å²) in [6.07, 6.45) is 20.7. The maximum Gasteiger partial charge on any atom is 0.261 e. The van der Waals surface area contributed by atoms with E-state index >= 15 is 19.2 Å². The van der Waals surface area contributed by atoms with Crippen molar-refractivity contribution in [3.05, 3.63) is 199 Å². The van der Waals surface area contributed by atoms with Crippen LogP contribution in [0.15, 0.2) is 168 Å². The second-order valence-corrected chi connectivity index (χ2v) is 34.0. The molecule has 0 radical (unpaired) electrons. The third kappa shape index (κ3) is 14.2. The summed E-state index contributed by atoms with van der Waals surface area (Å²) in [6.45, 7) is 24.9. The fourth-order valence-corrected chi connectivity index (χ4v) is 21.5. The van der Waals surface area contributed by atoms with E-state index in [-0.39, 0.29) is 40.9 Å². The van der Waals surface area contributed by atoms with Gasteiger partial charge in [-0.15, -0.1) is 45.3 Å². The van der Waals surface area contributed by atoms with Gasteiger partial charge in [0.1, 0.15) is 0 Å². The van der Waals surface area contributed by atoms with Gasteiger partial charge in [-0.1, -0.05) is 244 Å². The lowest BCUT2D eigenvalue weighted by Crippen LogP contribution is -2.34. The Morgan fingerprint density at radius 2 is 0.563 bits per heavy atom. The summed E-state index contributed by atoms with van der Waals surface area (Å²) >= 11 is 6.79. The van der Waals surface area contributed by atoms with Crippen LogP contribution in [0.2, 0.25) is 0 Å². The van der Waals surface area contributed by atoms with Gasteiger partial charge in [0.2, 0.25) is 0 Å². The minimum absolute atomic E-state index is 0.0490. The van der Waals surface area contributed by atoms with E-state index in [1.54, 1.807) is 45.3 Å². The molecule has 4 aromatic carbocycles. The van der Waals surface area contributed by atoms with Gasteiger partial charge < -0.3 is 19.6 Å². The second kappa shape index (κ2) is 32.9. The number of amides is 4. The highest BCUT2D eigenvalue weighted by Crippen LogP contribution is 2.58. The highest BCUT2D eigenvalue weighted by Gasteiger charge is 2.52. The Balaban J connectivity index is 0.886. The molecule has 0 saturated carbocycles. The molecule has 4 unspecified atom stereocenters. The van der Waals surface area contributed by atoms with E-state index in [4.69, 9.17) is 0 Å². The maximum absolute atomic E-state index is 15.8. The SMILES string of the molecule is CCCCC(CC)CN1C(=O)C2=C(c3ccc(-c4ccc5c(c4)C(CCC)(CCC)c4cc(-c6ccc(C7=C8C(=O)N(CC(CC)CCCC)C(c9ccc(-c%10ccccc%10)s9)=C8C(=O)N7CC(CC)CCCC)s6)ccc4-5)s3)N(CC(CC)CCCC)C(=O)C2=C1c1ccc(-c2ccccc2)s1. The fourth-order valence-electron chi connectivity index (χ4n) is 17.2. The standard InChI is InChI=1S/C91H106N4O4S4/c1-11-21-31-59(17-7)55-92-83(75-47-43-71(100-75)63-35-27-25-28-36-63)79-81(89(92)98)85(94(87(79)96)57-61(19-9)33-23-13-3)77-49-45-73(102-77)65-39-41-67-68-42-40-66(54-70(68)91(51-15-5,52-16-6)69(67)53-65)74-46-50-78(103-74)86-82-80(88(97)95(86)58-62(20-10)34-24-14-4)84(93(90(82)99)56-60(18-8)32-22-12-2)76-48-44-72(101-76)64-37-29-26-30-38-64/h25-30,35-50,53-54,59-62H,11-24,31-34,51-52,55-58H2,1-10H3. The van der Waals surface area contributed by atoms with Gasteiger partial charge in [-0.25, -0.2) is 0 Å². The fraction of sp³-hybridized carbons (Fsp3) is 0.429. The number of carbonyl (C=O) groups is 4. The average Bonchev–Trinajstić information content (AvgIpc) is 1.57. The topological polar surface area (TPSA) is 81.2 Å². The minimum Gasteiger partial charge on any atom is -0.306 e. The molecular weight excluding hydrogens is 1340 g/mol. The summed E-state index contributed by atoms with van der Waals surface area (Å²) in [6, 6.07) is 52.7. The maximum atomic E-state index is 15.8. The van der Waals surface area contributed by atoms with Gasteiger partial charge in [0, 0.05) is 51.1 Å². The zero-order chi connectivity index (χ0) is 72.1. The molecule has 103 heavy (non-hydrogen) atoms. The molecule has 4 amide bonds. The first-order chi connectivity index (χ1) is 50.3. The van der Waals surface area contributed by atoms with Crippen molar-refractivity contribution in [2.75, 3.05) is 26.2 Å². The summed E-state index contributed by atoms with van der Waals surface area (Å²) < 4.78 is 0. The molecule has 8 nitrogen and oxygen atoms in total. The highest BCUT2D eigenvalue weighted by molar-refractivity contribution is 7.17. The number of thiophene rings is 4. The summed E-state index contributed by atoms with van der Waals surface area (Å²) in [5.74, 6) is 0.992. The van der Waals surface area contributed by atoms with Gasteiger partial charge >= 0.3 is 0 Å². The zero-order valence-electron chi connectivity index (χ0n) is 62.7. The van der Waals surface area contributed by atoms with Crippen LogP contribution in [-0.4, -0.2) is 69.4 Å². The molecule has 1 aliphatic carbocycles. The lowest BCUT2D eigenvalue weighted by molar-refractivity contribution is -0.124. The van der Waals surface area contributed by atoms with Gasteiger partial charge in [-0.2, -0.15) is 0 Å². The highest BCUT2D eigenvalue weighted by atomic mass is 32.1. The van der Waals surface area contributed by atoms with E-state index in [0.717, 1.165) is 212 Å². The van der Waals surface area contributed by atoms with Crippen molar-refractivity contribution < 1.29 is 19.2 Å². The van der Waals surface area contributed by atoms with Crippen LogP contribution in [0.3, 0.4) is 0 Å². The summed E-state index contributed by atoms with van der Waals surface area (Å²) in [5, 5.41) is 0. The number of nitrogens with zero attached hydrogens (tertiary/aromatic N) is 4. The Morgan fingerprint density at radius 3 is 0.816 bits per heavy atom. The van der Waals surface area contributed by atoms with Gasteiger partial charge in [-0.05, 0) is 167 Å². The molecule has 4 aromatic heterocycles.